The van der Waals surface area contributed by atoms with Gasteiger partial charge in [0.15, 0.2) is 0 Å². The second kappa shape index (κ2) is 8.13. The van der Waals surface area contributed by atoms with Gasteiger partial charge in [0.25, 0.3) is 0 Å². The number of benzene rings is 1. The van der Waals surface area contributed by atoms with Crippen molar-refractivity contribution >= 4 is 5.91 Å². The van der Waals surface area contributed by atoms with Crippen LogP contribution in [0.15, 0.2) is 24.3 Å². The predicted molar refractivity (Wildman–Crippen MR) is 82.7 cm³/mol. The molecule has 1 saturated heterocycles. The molecule has 4 heteroatoms. The first-order valence-electron chi connectivity index (χ1n) is 7.88. The summed E-state index contributed by atoms with van der Waals surface area (Å²) in [4.78, 5) is 11.9. The lowest BCUT2D eigenvalue weighted by Crippen LogP contribution is -2.33. The Balaban J connectivity index is 1.69. The van der Waals surface area contributed by atoms with Gasteiger partial charge in [-0.1, -0.05) is 19.1 Å². The summed E-state index contributed by atoms with van der Waals surface area (Å²) in [5.41, 5.74) is 0.877. The molecule has 2 atom stereocenters. The number of rotatable bonds is 6. The molecule has 0 aromatic heterocycles. The van der Waals surface area contributed by atoms with Crippen LogP contribution < -0.4 is 10.6 Å². The van der Waals surface area contributed by atoms with Crippen LogP contribution in [0.25, 0.3) is 0 Å². The van der Waals surface area contributed by atoms with Gasteiger partial charge in [-0.2, -0.15) is 0 Å². The topological polar surface area (TPSA) is 41.1 Å². The van der Waals surface area contributed by atoms with E-state index in [1.54, 1.807) is 6.07 Å². The Kier molecular flexibility index (Phi) is 6.18. The van der Waals surface area contributed by atoms with Gasteiger partial charge in [-0.25, -0.2) is 4.39 Å². The summed E-state index contributed by atoms with van der Waals surface area (Å²) in [7, 11) is 0. The van der Waals surface area contributed by atoms with Crippen molar-refractivity contribution in [2.45, 2.75) is 38.5 Å². The normalized spacial score (nSPS) is 20.0. The van der Waals surface area contributed by atoms with Crippen LogP contribution >= 0.6 is 0 Å². The molecule has 3 nitrogen and oxygen atoms in total. The van der Waals surface area contributed by atoms with E-state index in [1.165, 1.54) is 25.0 Å². The number of amides is 1. The summed E-state index contributed by atoms with van der Waals surface area (Å²) in [6.07, 6.45) is 3.93. The Bertz CT molecular complexity index is 458. The maximum atomic E-state index is 13.2. The highest BCUT2D eigenvalue weighted by molar-refractivity contribution is 5.76. The molecular weight excluding hydrogens is 267 g/mol. The van der Waals surface area contributed by atoms with Gasteiger partial charge in [0.05, 0.1) is 0 Å². The highest BCUT2D eigenvalue weighted by Gasteiger charge is 2.14. The van der Waals surface area contributed by atoms with Crippen molar-refractivity contribution in [3.8, 4) is 0 Å². The van der Waals surface area contributed by atoms with Gasteiger partial charge in [-0.15, -0.1) is 0 Å². The van der Waals surface area contributed by atoms with Crippen LogP contribution in [0, 0.1) is 11.7 Å². The molecule has 2 unspecified atom stereocenters. The summed E-state index contributed by atoms with van der Waals surface area (Å²) in [5.74, 6) is 0.525. The minimum absolute atomic E-state index is 0.0389. The number of halogens is 1. The Labute approximate surface area is 126 Å². The smallest absolute Gasteiger partial charge is 0.220 e. The summed E-state index contributed by atoms with van der Waals surface area (Å²) in [6.45, 7) is 4.88. The molecule has 2 N–H and O–H groups in total. The number of carbonyl (C=O) groups excluding carboxylic acids is 1. The van der Waals surface area contributed by atoms with Crippen molar-refractivity contribution in [1.29, 1.82) is 0 Å². The molecule has 1 aliphatic rings. The highest BCUT2D eigenvalue weighted by Crippen LogP contribution is 2.19. The highest BCUT2D eigenvalue weighted by atomic mass is 19.1. The second-order valence-electron chi connectivity index (χ2n) is 6.01. The third kappa shape index (κ3) is 5.46. The summed E-state index contributed by atoms with van der Waals surface area (Å²) in [5, 5.41) is 6.37. The third-order valence-electron chi connectivity index (χ3n) is 4.18. The average Bonchev–Trinajstić information content (AvgIpc) is 2.48. The van der Waals surface area contributed by atoms with E-state index >= 15 is 0 Å². The summed E-state index contributed by atoms with van der Waals surface area (Å²) >= 11 is 0. The van der Waals surface area contributed by atoms with Gasteiger partial charge >= 0.3 is 0 Å². The predicted octanol–water partition coefficient (Wildman–Crippen LogP) is 2.83. The fourth-order valence-electron chi connectivity index (χ4n) is 2.87. The van der Waals surface area contributed by atoms with E-state index in [9.17, 15) is 9.18 Å². The molecular formula is C17H25FN2O. The largest absolute Gasteiger partial charge is 0.356 e. The number of carbonyl (C=O) groups is 1. The SMILES string of the molecule is CC(CC(=O)NCCC1CCCNC1)c1cccc(F)c1. The molecule has 0 saturated carbocycles. The van der Waals surface area contributed by atoms with Gasteiger partial charge in [0.1, 0.15) is 5.82 Å². The maximum absolute atomic E-state index is 13.2. The molecule has 1 amide bonds. The van der Waals surface area contributed by atoms with E-state index in [0.717, 1.165) is 31.6 Å². The lowest BCUT2D eigenvalue weighted by molar-refractivity contribution is -0.121. The van der Waals surface area contributed by atoms with Gasteiger partial charge in [0, 0.05) is 13.0 Å². The Hall–Kier alpha value is -1.42. The van der Waals surface area contributed by atoms with E-state index in [2.05, 4.69) is 10.6 Å². The van der Waals surface area contributed by atoms with Crippen LogP contribution in [-0.4, -0.2) is 25.5 Å². The number of hydrogen-bond acceptors (Lipinski definition) is 2. The Morgan fingerprint density at radius 3 is 3.10 bits per heavy atom. The van der Waals surface area contributed by atoms with Crippen molar-refractivity contribution < 1.29 is 9.18 Å². The summed E-state index contributed by atoms with van der Waals surface area (Å²) < 4.78 is 13.2. The lowest BCUT2D eigenvalue weighted by atomic mass is 9.95. The van der Waals surface area contributed by atoms with Gasteiger partial charge in [-0.05, 0) is 61.9 Å². The van der Waals surface area contributed by atoms with Crippen molar-refractivity contribution in [2.75, 3.05) is 19.6 Å². The second-order valence-corrected chi connectivity index (χ2v) is 6.01. The molecule has 116 valence electrons. The van der Waals surface area contributed by atoms with Gasteiger partial charge in [0.2, 0.25) is 5.91 Å². The number of piperidine rings is 1. The van der Waals surface area contributed by atoms with Crippen LogP contribution in [0.2, 0.25) is 0 Å². The minimum atomic E-state index is -0.246. The van der Waals surface area contributed by atoms with Crippen LogP contribution in [0.3, 0.4) is 0 Å². The standard InChI is InChI=1S/C17H25FN2O/c1-13(15-5-2-6-16(18)11-15)10-17(21)20-9-7-14-4-3-8-19-12-14/h2,5-6,11,13-14,19H,3-4,7-10,12H2,1H3,(H,20,21). The molecule has 2 rings (SSSR count). The molecule has 0 spiro atoms. The number of hydrogen-bond donors (Lipinski definition) is 2. The van der Waals surface area contributed by atoms with E-state index in [1.807, 2.05) is 13.0 Å². The molecule has 1 aromatic rings. The average molecular weight is 292 g/mol. The van der Waals surface area contributed by atoms with E-state index in [-0.39, 0.29) is 17.6 Å². The van der Waals surface area contributed by atoms with Crippen LogP contribution in [0.4, 0.5) is 4.39 Å². The minimum Gasteiger partial charge on any atom is -0.356 e. The quantitative estimate of drug-likeness (QED) is 0.846. The number of nitrogens with one attached hydrogen (secondary N) is 2. The van der Waals surface area contributed by atoms with Crippen molar-refractivity contribution in [1.82, 2.24) is 10.6 Å². The zero-order valence-corrected chi connectivity index (χ0v) is 12.7. The fraction of sp³-hybridized carbons (Fsp3) is 0.588. The molecule has 1 heterocycles. The third-order valence-corrected chi connectivity index (χ3v) is 4.18. The van der Waals surface area contributed by atoms with Crippen LogP contribution in [-0.2, 0) is 4.79 Å². The van der Waals surface area contributed by atoms with Crippen molar-refractivity contribution in [2.24, 2.45) is 5.92 Å². The molecule has 0 bridgehead atoms. The van der Waals surface area contributed by atoms with Crippen LogP contribution in [0.5, 0.6) is 0 Å². The van der Waals surface area contributed by atoms with E-state index in [0.29, 0.717) is 12.3 Å². The zero-order chi connectivity index (χ0) is 15.1. The molecule has 1 aliphatic heterocycles. The zero-order valence-electron chi connectivity index (χ0n) is 12.7. The Morgan fingerprint density at radius 1 is 1.52 bits per heavy atom. The lowest BCUT2D eigenvalue weighted by Gasteiger charge is -2.22. The Morgan fingerprint density at radius 2 is 2.38 bits per heavy atom. The first-order valence-corrected chi connectivity index (χ1v) is 7.88. The van der Waals surface area contributed by atoms with Crippen molar-refractivity contribution in [3.63, 3.8) is 0 Å². The monoisotopic (exact) mass is 292 g/mol. The van der Waals surface area contributed by atoms with Gasteiger partial charge < -0.3 is 10.6 Å². The first-order chi connectivity index (χ1) is 10.1. The summed E-state index contributed by atoms with van der Waals surface area (Å²) in [6, 6.07) is 6.49. The molecule has 1 fully saturated rings. The van der Waals surface area contributed by atoms with Crippen LogP contribution in [0.1, 0.15) is 44.1 Å². The molecule has 21 heavy (non-hydrogen) atoms. The van der Waals surface area contributed by atoms with Gasteiger partial charge in [-0.3, -0.25) is 4.79 Å². The molecule has 0 radical (unpaired) electrons. The van der Waals surface area contributed by atoms with E-state index in [4.69, 9.17) is 0 Å². The van der Waals surface area contributed by atoms with E-state index < -0.39 is 0 Å². The van der Waals surface area contributed by atoms with Crippen molar-refractivity contribution in [3.05, 3.63) is 35.6 Å². The molecule has 1 aromatic carbocycles. The molecule has 0 aliphatic carbocycles. The first kappa shape index (κ1) is 16.0. The fourth-order valence-corrected chi connectivity index (χ4v) is 2.87. The maximum Gasteiger partial charge on any atom is 0.220 e.